The Morgan fingerprint density at radius 2 is 1.88 bits per heavy atom. The second-order valence-corrected chi connectivity index (χ2v) is 7.27. The highest BCUT2D eigenvalue weighted by Crippen LogP contribution is 2.33. The molecule has 0 bridgehead atoms. The largest absolute Gasteiger partial charge is 0.493 e. The van der Waals surface area contributed by atoms with Crippen LogP contribution < -0.4 is 14.8 Å². The predicted molar refractivity (Wildman–Crippen MR) is 100 cm³/mol. The molecule has 5 heteroatoms. The van der Waals surface area contributed by atoms with Crippen LogP contribution in [0.4, 0.5) is 4.79 Å². The predicted octanol–water partition coefficient (Wildman–Crippen LogP) is 4.29. The van der Waals surface area contributed by atoms with E-state index >= 15 is 0 Å². The summed E-state index contributed by atoms with van der Waals surface area (Å²) < 4.78 is 10.7. The molecule has 0 aliphatic heterocycles. The summed E-state index contributed by atoms with van der Waals surface area (Å²) >= 11 is 0. The summed E-state index contributed by atoms with van der Waals surface area (Å²) in [5.41, 5.74) is 2.11. The highest BCUT2D eigenvalue weighted by Gasteiger charge is 2.26. The SMILES string of the molecule is COc1cc(C)c(C(C)NC(=O)N(C)C2CCCC(C)C2)cc1OC. The summed E-state index contributed by atoms with van der Waals surface area (Å²) in [6, 6.07) is 4.12. The van der Waals surface area contributed by atoms with E-state index in [1.165, 1.54) is 12.8 Å². The van der Waals surface area contributed by atoms with Gasteiger partial charge in [-0.15, -0.1) is 0 Å². The van der Waals surface area contributed by atoms with E-state index in [9.17, 15) is 4.79 Å². The Balaban J connectivity index is 2.08. The van der Waals surface area contributed by atoms with Crippen molar-refractivity contribution >= 4 is 6.03 Å². The molecule has 1 saturated carbocycles. The van der Waals surface area contributed by atoms with Crippen molar-refractivity contribution in [3.05, 3.63) is 23.3 Å². The number of urea groups is 1. The highest BCUT2D eigenvalue weighted by molar-refractivity contribution is 5.75. The number of carbonyl (C=O) groups is 1. The van der Waals surface area contributed by atoms with Crippen molar-refractivity contribution in [1.82, 2.24) is 10.2 Å². The fourth-order valence-corrected chi connectivity index (χ4v) is 3.75. The second-order valence-electron chi connectivity index (χ2n) is 7.27. The van der Waals surface area contributed by atoms with Crippen LogP contribution >= 0.6 is 0 Å². The molecule has 0 aromatic heterocycles. The Kier molecular flexibility index (Phi) is 6.57. The smallest absolute Gasteiger partial charge is 0.317 e. The fourth-order valence-electron chi connectivity index (χ4n) is 3.75. The highest BCUT2D eigenvalue weighted by atomic mass is 16.5. The van der Waals surface area contributed by atoms with Crippen LogP contribution in [-0.4, -0.2) is 38.2 Å². The van der Waals surface area contributed by atoms with Gasteiger partial charge in [-0.1, -0.05) is 19.8 Å². The minimum Gasteiger partial charge on any atom is -0.493 e. The molecular formula is C20H32N2O3. The van der Waals surface area contributed by atoms with Crippen molar-refractivity contribution in [3.8, 4) is 11.5 Å². The van der Waals surface area contributed by atoms with E-state index in [2.05, 4.69) is 12.2 Å². The average Bonchev–Trinajstić information content (AvgIpc) is 2.60. The van der Waals surface area contributed by atoms with Gasteiger partial charge in [0.05, 0.1) is 20.3 Å². The molecular weight excluding hydrogens is 316 g/mol. The molecule has 0 radical (unpaired) electrons. The topological polar surface area (TPSA) is 50.8 Å². The number of carbonyl (C=O) groups excluding carboxylic acids is 1. The number of ether oxygens (including phenoxy) is 2. The molecule has 3 unspecified atom stereocenters. The van der Waals surface area contributed by atoms with Crippen LogP contribution in [-0.2, 0) is 0 Å². The Bertz CT molecular complexity index is 603. The van der Waals surface area contributed by atoms with Gasteiger partial charge in [0.2, 0.25) is 0 Å². The molecule has 1 N–H and O–H groups in total. The maximum atomic E-state index is 12.7. The zero-order valence-corrected chi connectivity index (χ0v) is 16.4. The van der Waals surface area contributed by atoms with E-state index in [-0.39, 0.29) is 12.1 Å². The number of amides is 2. The molecule has 0 spiro atoms. The number of hydrogen-bond acceptors (Lipinski definition) is 3. The summed E-state index contributed by atoms with van der Waals surface area (Å²) in [7, 11) is 5.16. The molecule has 2 rings (SSSR count). The van der Waals surface area contributed by atoms with Gasteiger partial charge >= 0.3 is 6.03 Å². The average molecular weight is 348 g/mol. The van der Waals surface area contributed by atoms with Crippen molar-refractivity contribution in [2.45, 2.75) is 58.5 Å². The van der Waals surface area contributed by atoms with Gasteiger partial charge in [0.25, 0.3) is 0 Å². The third kappa shape index (κ3) is 4.59. The van der Waals surface area contributed by atoms with Gasteiger partial charge in [-0.3, -0.25) is 0 Å². The molecule has 5 nitrogen and oxygen atoms in total. The first-order valence-corrected chi connectivity index (χ1v) is 9.13. The third-order valence-electron chi connectivity index (χ3n) is 5.36. The summed E-state index contributed by atoms with van der Waals surface area (Å²) in [5, 5.41) is 3.13. The van der Waals surface area contributed by atoms with Crippen LogP contribution in [0.25, 0.3) is 0 Å². The van der Waals surface area contributed by atoms with Gasteiger partial charge in [0, 0.05) is 13.1 Å². The second kappa shape index (κ2) is 8.45. The first-order chi connectivity index (χ1) is 11.9. The molecule has 1 fully saturated rings. The van der Waals surface area contributed by atoms with Crippen molar-refractivity contribution < 1.29 is 14.3 Å². The maximum Gasteiger partial charge on any atom is 0.317 e. The lowest BCUT2D eigenvalue weighted by Crippen LogP contribution is -2.46. The Morgan fingerprint density at radius 3 is 2.48 bits per heavy atom. The lowest BCUT2D eigenvalue weighted by Gasteiger charge is -2.35. The zero-order chi connectivity index (χ0) is 18.6. The van der Waals surface area contributed by atoms with Gasteiger partial charge in [0.15, 0.2) is 11.5 Å². The van der Waals surface area contributed by atoms with E-state index in [4.69, 9.17) is 9.47 Å². The van der Waals surface area contributed by atoms with E-state index in [0.717, 1.165) is 24.0 Å². The van der Waals surface area contributed by atoms with Gasteiger partial charge < -0.3 is 19.7 Å². The Morgan fingerprint density at radius 1 is 1.24 bits per heavy atom. The lowest BCUT2D eigenvalue weighted by atomic mass is 9.86. The number of methoxy groups -OCH3 is 2. The molecule has 1 aliphatic carbocycles. The van der Waals surface area contributed by atoms with Gasteiger partial charge in [-0.05, 0) is 55.9 Å². The van der Waals surface area contributed by atoms with Crippen LogP contribution in [0.5, 0.6) is 11.5 Å². The van der Waals surface area contributed by atoms with E-state index in [1.54, 1.807) is 14.2 Å². The van der Waals surface area contributed by atoms with Crippen LogP contribution in [0, 0.1) is 12.8 Å². The number of rotatable bonds is 5. The first-order valence-electron chi connectivity index (χ1n) is 9.13. The normalized spacial score (nSPS) is 21.4. The quantitative estimate of drug-likeness (QED) is 0.863. The standard InChI is InChI=1S/C20H32N2O3/c1-13-8-7-9-16(10-13)22(4)20(23)21-15(3)17-12-19(25-6)18(24-5)11-14(17)2/h11-13,15-16H,7-10H2,1-6H3,(H,21,23). The molecule has 25 heavy (non-hydrogen) atoms. The van der Waals surface area contributed by atoms with Crippen molar-refractivity contribution in [2.24, 2.45) is 5.92 Å². The number of nitrogens with zero attached hydrogens (tertiary/aromatic N) is 1. The number of benzene rings is 1. The maximum absolute atomic E-state index is 12.7. The summed E-state index contributed by atoms with van der Waals surface area (Å²) in [4.78, 5) is 14.6. The Labute approximate surface area is 151 Å². The molecule has 3 atom stereocenters. The van der Waals surface area contributed by atoms with Gasteiger partial charge in [0.1, 0.15) is 0 Å². The van der Waals surface area contributed by atoms with Crippen LogP contribution in [0.1, 0.15) is 56.7 Å². The minimum atomic E-state index is -0.101. The number of aryl methyl sites for hydroxylation is 1. The van der Waals surface area contributed by atoms with Gasteiger partial charge in [-0.2, -0.15) is 0 Å². The summed E-state index contributed by atoms with van der Waals surface area (Å²) in [6.07, 6.45) is 4.66. The summed E-state index contributed by atoms with van der Waals surface area (Å²) in [6.45, 7) is 6.30. The van der Waals surface area contributed by atoms with Crippen molar-refractivity contribution in [2.75, 3.05) is 21.3 Å². The lowest BCUT2D eigenvalue weighted by molar-refractivity contribution is 0.158. The Hall–Kier alpha value is -1.91. The summed E-state index contributed by atoms with van der Waals surface area (Å²) in [5.74, 6) is 2.08. The van der Waals surface area contributed by atoms with E-state index in [0.29, 0.717) is 23.5 Å². The third-order valence-corrected chi connectivity index (χ3v) is 5.36. The molecule has 140 valence electrons. The minimum absolute atomic E-state index is 0.0132. The monoisotopic (exact) mass is 348 g/mol. The molecule has 2 amide bonds. The zero-order valence-electron chi connectivity index (χ0n) is 16.4. The van der Waals surface area contributed by atoms with E-state index < -0.39 is 0 Å². The first kappa shape index (κ1) is 19.4. The van der Waals surface area contributed by atoms with Crippen LogP contribution in [0.3, 0.4) is 0 Å². The van der Waals surface area contributed by atoms with Gasteiger partial charge in [-0.25, -0.2) is 4.79 Å². The molecule has 1 aromatic rings. The molecule has 1 aromatic carbocycles. The van der Waals surface area contributed by atoms with Crippen LogP contribution in [0.15, 0.2) is 12.1 Å². The molecule has 0 saturated heterocycles. The van der Waals surface area contributed by atoms with Crippen LogP contribution in [0.2, 0.25) is 0 Å². The number of nitrogens with one attached hydrogen (secondary N) is 1. The molecule has 0 heterocycles. The van der Waals surface area contributed by atoms with E-state index in [1.807, 2.05) is 37.9 Å². The van der Waals surface area contributed by atoms with Crippen molar-refractivity contribution in [3.63, 3.8) is 0 Å². The number of hydrogen-bond donors (Lipinski definition) is 1. The van der Waals surface area contributed by atoms with Crippen molar-refractivity contribution in [1.29, 1.82) is 0 Å². The fraction of sp³-hybridized carbons (Fsp3) is 0.650. The molecule has 1 aliphatic rings.